The molecule has 0 spiro atoms. The average molecular weight is 334 g/mol. The van der Waals surface area contributed by atoms with Crippen LogP contribution in [0.25, 0.3) is 16.4 Å². The summed E-state index contributed by atoms with van der Waals surface area (Å²) in [5.74, 6) is -0.240. The Morgan fingerprint density at radius 1 is 1.17 bits per heavy atom. The van der Waals surface area contributed by atoms with E-state index in [0.29, 0.717) is 11.4 Å². The first kappa shape index (κ1) is 14.7. The minimum atomic E-state index is -0.240. The third-order valence-corrected chi connectivity index (χ3v) is 4.42. The van der Waals surface area contributed by atoms with Gasteiger partial charge in [-0.3, -0.25) is 14.2 Å². The highest BCUT2D eigenvalue weighted by Crippen LogP contribution is 2.22. The minimum absolute atomic E-state index is 0.240. The molecule has 5 nitrogen and oxygen atoms in total. The molecule has 0 saturated carbocycles. The highest BCUT2D eigenvalue weighted by Gasteiger charge is 2.17. The molecule has 3 aromatic heterocycles. The summed E-state index contributed by atoms with van der Waals surface area (Å²) in [7, 11) is 0. The van der Waals surface area contributed by atoms with Crippen molar-refractivity contribution in [2.45, 2.75) is 5.16 Å². The van der Waals surface area contributed by atoms with Crippen molar-refractivity contribution in [3.05, 3.63) is 66.6 Å². The van der Waals surface area contributed by atoms with Crippen LogP contribution in [-0.2, 0) is 0 Å². The second kappa shape index (κ2) is 5.98. The number of pyridine rings is 2. The average Bonchev–Trinajstić information content (AvgIpc) is 3.00. The first-order chi connectivity index (χ1) is 11.8. The number of carbonyl (C=O) groups is 1. The molecule has 118 valence electrons. The number of hydrogen-bond donors (Lipinski definition) is 1. The van der Waals surface area contributed by atoms with Crippen LogP contribution in [0, 0.1) is 0 Å². The van der Waals surface area contributed by atoms with Crippen LogP contribution in [0.1, 0.15) is 10.5 Å². The molecule has 0 atom stereocenters. The van der Waals surface area contributed by atoms with E-state index < -0.39 is 0 Å². The highest BCUT2D eigenvalue weighted by atomic mass is 32.2. The molecular formula is C18H14N4OS. The molecule has 0 aliphatic rings. The van der Waals surface area contributed by atoms with Gasteiger partial charge in [0.15, 0.2) is 10.9 Å². The number of nitrogens with zero attached hydrogens (tertiary/aromatic N) is 3. The van der Waals surface area contributed by atoms with Gasteiger partial charge in [0.1, 0.15) is 0 Å². The van der Waals surface area contributed by atoms with Crippen molar-refractivity contribution in [3.8, 4) is 0 Å². The van der Waals surface area contributed by atoms with E-state index >= 15 is 0 Å². The Balaban J connectivity index is 1.71. The number of hydrogen-bond acceptors (Lipinski definition) is 4. The summed E-state index contributed by atoms with van der Waals surface area (Å²) >= 11 is 1.50. The van der Waals surface area contributed by atoms with Gasteiger partial charge in [-0.2, -0.15) is 0 Å². The molecule has 1 amide bonds. The minimum Gasteiger partial charge on any atom is -0.319 e. The second-order valence-corrected chi connectivity index (χ2v) is 6.05. The molecule has 4 aromatic rings. The van der Waals surface area contributed by atoms with E-state index in [2.05, 4.69) is 15.3 Å². The van der Waals surface area contributed by atoms with Crippen molar-refractivity contribution in [2.24, 2.45) is 0 Å². The lowest BCUT2D eigenvalue weighted by molar-refractivity contribution is 0.102. The van der Waals surface area contributed by atoms with E-state index in [1.807, 2.05) is 65.4 Å². The van der Waals surface area contributed by atoms with Gasteiger partial charge in [-0.1, -0.05) is 36.0 Å². The number of carbonyl (C=O) groups excluding carboxylic acids is 1. The molecule has 0 unspecified atom stereocenters. The Hall–Kier alpha value is -2.86. The summed E-state index contributed by atoms with van der Waals surface area (Å²) in [6.45, 7) is 0. The Morgan fingerprint density at radius 2 is 2.00 bits per heavy atom. The smallest absolute Gasteiger partial charge is 0.276 e. The number of aromatic nitrogens is 3. The van der Waals surface area contributed by atoms with Crippen molar-refractivity contribution in [3.63, 3.8) is 0 Å². The summed E-state index contributed by atoms with van der Waals surface area (Å²) in [5, 5.41) is 4.66. The molecule has 0 aliphatic heterocycles. The Kier molecular flexibility index (Phi) is 3.66. The first-order valence-corrected chi connectivity index (χ1v) is 8.66. The van der Waals surface area contributed by atoms with Crippen LogP contribution < -0.4 is 5.32 Å². The van der Waals surface area contributed by atoms with Gasteiger partial charge in [-0.15, -0.1) is 0 Å². The van der Waals surface area contributed by atoms with Crippen LogP contribution in [0.5, 0.6) is 0 Å². The number of thioether (sulfide) groups is 1. The van der Waals surface area contributed by atoms with Crippen LogP contribution >= 0.6 is 11.8 Å². The topological polar surface area (TPSA) is 59.3 Å². The monoisotopic (exact) mass is 334 g/mol. The Morgan fingerprint density at radius 3 is 2.88 bits per heavy atom. The maximum absolute atomic E-state index is 12.7. The Labute approximate surface area is 142 Å². The zero-order valence-corrected chi connectivity index (χ0v) is 13.7. The van der Waals surface area contributed by atoms with Crippen molar-refractivity contribution in [2.75, 3.05) is 11.6 Å². The van der Waals surface area contributed by atoms with E-state index in [9.17, 15) is 4.79 Å². The predicted octanol–water partition coefficient (Wildman–Crippen LogP) is 3.86. The third-order valence-electron chi connectivity index (χ3n) is 3.76. The van der Waals surface area contributed by atoms with Gasteiger partial charge >= 0.3 is 0 Å². The molecule has 0 saturated heterocycles. The SMILES string of the molecule is CSc1nc(C(=O)Nc2cnc3ccccc3c2)c2ccccn12. The quantitative estimate of drug-likeness (QED) is 0.578. The summed E-state index contributed by atoms with van der Waals surface area (Å²) in [4.78, 5) is 21.5. The van der Waals surface area contributed by atoms with E-state index in [1.165, 1.54) is 11.8 Å². The van der Waals surface area contributed by atoms with Gasteiger partial charge < -0.3 is 5.32 Å². The van der Waals surface area contributed by atoms with Crippen molar-refractivity contribution < 1.29 is 4.79 Å². The molecule has 0 aliphatic carbocycles. The second-order valence-electron chi connectivity index (χ2n) is 5.27. The summed E-state index contributed by atoms with van der Waals surface area (Å²) in [5.41, 5.74) is 2.75. The van der Waals surface area contributed by atoms with Crippen LogP contribution in [0.4, 0.5) is 5.69 Å². The van der Waals surface area contributed by atoms with E-state index in [0.717, 1.165) is 21.6 Å². The van der Waals surface area contributed by atoms with Crippen molar-refractivity contribution in [1.82, 2.24) is 14.4 Å². The van der Waals surface area contributed by atoms with Crippen LogP contribution in [0.15, 0.2) is 66.1 Å². The molecule has 6 heteroatoms. The molecule has 3 heterocycles. The van der Waals surface area contributed by atoms with Crippen molar-refractivity contribution >= 4 is 39.8 Å². The molecule has 24 heavy (non-hydrogen) atoms. The molecule has 0 radical (unpaired) electrons. The van der Waals surface area contributed by atoms with Gasteiger partial charge in [-0.05, 0) is 30.5 Å². The number of nitrogens with one attached hydrogen (secondary N) is 1. The number of benzene rings is 1. The number of imidazole rings is 1. The van der Waals surface area contributed by atoms with Gasteiger partial charge in [-0.25, -0.2) is 4.98 Å². The lowest BCUT2D eigenvalue weighted by Gasteiger charge is -2.05. The van der Waals surface area contributed by atoms with Gasteiger partial charge in [0, 0.05) is 11.6 Å². The first-order valence-electron chi connectivity index (χ1n) is 7.43. The zero-order valence-electron chi connectivity index (χ0n) is 12.9. The third kappa shape index (κ3) is 2.51. The number of rotatable bonds is 3. The molecule has 1 N–H and O–H groups in total. The van der Waals surface area contributed by atoms with Crippen molar-refractivity contribution in [1.29, 1.82) is 0 Å². The highest BCUT2D eigenvalue weighted by molar-refractivity contribution is 7.98. The standard InChI is InChI=1S/C18H14N4OS/c1-24-18-21-16(15-8-4-5-9-22(15)18)17(23)20-13-10-12-6-2-3-7-14(12)19-11-13/h2-11H,1H3,(H,20,23). The predicted molar refractivity (Wildman–Crippen MR) is 96.7 cm³/mol. The van der Waals surface area contributed by atoms with Gasteiger partial charge in [0.05, 0.1) is 22.9 Å². The lowest BCUT2D eigenvalue weighted by atomic mass is 10.2. The molecule has 1 aromatic carbocycles. The zero-order chi connectivity index (χ0) is 16.5. The molecular weight excluding hydrogens is 320 g/mol. The lowest BCUT2D eigenvalue weighted by Crippen LogP contribution is -2.13. The van der Waals surface area contributed by atoms with Gasteiger partial charge in [0.2, 0.25) is 0 Å². The fraction of sp³-hybridized carbons (Fsp3) is 0.0556. The number of amides is 1. The molecule has 4 rings (SSSR count). The van der Waals surface area contributed by atoms with Crippen LogP contribution in [-0.4, -0.2) is 26.5 Å². The van der Waals surface area contributed by atoms with E-state index in [4.69, 9.17) is 0 Å². The Bertz CT molecular complexity index is 1060. The number of para-hydroxylation sites is 1. The summed E-state index contributed by atoms with van der Waals surface area (Å²) in [6, 6.07) is 15.4. The van der Waals surface area contributed by atoms with Crippen LogP contribution in [0.3, 0.4) is 0 Å². The molecule has 0 fully saturated rings. The van der Waals surface area contributed by atoms with Gasteiger partial charge in [0.25, 0.3) is 5.91 Å². The number of fused-ring (bicyclic) bond motifs is 2. The fourth-order valence-electron chi connectivity index (χ4n) is 2.65. The van der Waals surface area contributed by atoms with Crippen LogP contribution in [0.2, 0.25) is 0 Å². The summed E-state index contributed by atoms with van der Waals surface area (Å²) < 4.78 is 1.91. The largest absolute Gasteiger partial charge is 0.319 e. The normalized spacial score (nSPS) is 11.0. The van der Waals surface area contributed by atoms with E-state index in [-0.39, 0.29) is 5.91 Å². The number of anilines is 1. The maximum Gasteiger partial charge on any atom is 0.276 e. The molecule has 0 bridgehead atoms. The summed E-state index contributed by atoms with van der Waals surface area (Å²) in [6.07, 6.45) is 5.51. The van der Waals surface area contributed by atoms with E-state index in [1.54, 1.807) is 6.20 Å². The fourth-order valence-corrected chi connectivity index (χ4v) is 3.19. The maximum atomic E-state index is 12.7.